The van der Waals surface area contributed by atoms with E-state index >= 15 is 0 Å². The molecule has 0 aliphatic rings. The molecular weight excluding hydrogens is 450 g/mol. The summed E-state index contributed by atoms with van der Waals surface area (Å²) in [5.74, 6) is -2.57. The van der Waals surface area contributed by atoms with E-state index in [1.165, 1.54) is 0 Å². The van der Waals surface area contributed by atoms with Crippen molar-refractivity contribution < 1.29 is 28.8 Å². The number of thiol groups is 3. The molecule has 0 amide bonds. The van der Waals surface area contributed by atoms with Gasteiger partial charge in [0.1, 0.15) is 0 Å². The van der Waals surface area contributed by atoms with Crippen molar-refractivity contribution in [1.29, 1.82) is 0 Å². The van der Waals surface area contributed by atoms with Crippen LogP contribution in [0.1, 0.15) is 32.4 Å². The fraction of sp³-hybridized carbons (Fsp3) is 0.571. The van der Waals surface area contributed by atoms with E-state index in [1.54, 1.807) is 0 Å². The number of rotatable bonds is 10. The fourth-order valence-corrected chi connectivity index (χ4v) is 2.41. The minimum absolute atomic E-state index is 0.0517. The first-order valence-electron chi connectivity index (χ1n) is 8.12. The molecule has 0 bridgehead atoms. The molecule has 0 fully saturated rings. The number of aromatic nitrogens is 3. The lowest BCUT2D eigenvalue weighted by Gasteiger charge is -2.17. The molecule has 0 N–H and O–H groups in total. The minimum atomic E-state index is -1.54. The molecular formula is C14H19N3O9S3. The van der Waals surface area contributed by atoms with Gasteiger partial charge in [-0.1, -0.05) is 9.46 Å². The lowest BCUT2D eigenvalue weighted by atomic mass is 10.5. The molecule has 1 rings (SSSR count). The van der Waals surface area contributed by atoms with E-state index in [1.807, 2.05) is 0 Å². The van der Waals surface area contributed by atoms with Gasteiger partial charge in [0.25, 0.3) is 0 Å². The predicted octanol–water partition coefficient (Wildman–Crippen LogP) is -1.90. The van der Waals surface area contributed by atoms with Crippen molar-refractivity contribution in [2.24, 2.45) is 0 Å². The summed E-state index contributed by atoms with van der Waals surface area (Å²) >= 11 is 11.5. The predicted molar refractivity (Wildman–Crippen MR) is 109 cm³/mol. The minimum Gasteiger partial charge on any atom is -0.441 e. The second kappa shape index (κ2) is 11.8. The third kappa shape index (κ3) is 6.71. The number of esters is 1. The number of nitrogens with zero attached hydrogens (tertiary/aromatic N) is 3. The maximum Gasteiger partial charge on any atom is 0.404 e. The van der Waals surface area contributed by atoms with Gasteiger partial charge < -0.3 is 14.4 Å². The van der Waals surface area contributed by atoms with Gasteiger partial charge in [0, 0.05) is 17.3 Å². The standard InChI is InChI=1S/C14H19N3O9S3/c1-8(24-9(18)2-5-27)15-12(21)16(25-10(19)3-6-28)14(23)17(13(15)22)26-11(20)4-7-29/h8,27-29H,2-7H2,1H3. The van der Waals surface area contributed by atoms with Gasteiger partial charge in [0.05, 0.1) is 19.3 Å². The molecule has 1 aromatic heterocycles. The number of hydrogen-bond donors (Lipinski definition) is 3. The Kier molecular flexibility index (Phi) is 10.1. The molecule has 1 unspecified atom stereocenters. The summed E-state index contributed by atoms with van der Waals surface area (Å²) in [7, 11) is 0. The number of carbonyl (C=O) groups is 3. The normalized spacial score (nSPS) is 11.6. The summed E-state index contributed by atoms with van der Waals surface area (Å²) in [5, 5.41) is 0. The maximum atomic E-state index is 12.6. The van der Waals surface area contributed by atoms with Crippen LogP contribution < -0.4 is 26.7 Å². The molecule has 1 heterocycles. The van der Waals surface area contributed by atoms with Gasteiger partial charge in [-0.25, -0.2) is 28.5 Å². The number of carbonyl (C=O) groups excluding carboxylic acids is 3. The molecule has 12 nitrogen and oxygen atoms in total. The highest BCUT2D eigenvalue weighted by Crippen LogP contribution is 2.03. The van der Waals surface area contributed by atoms with E-state index in [9.17, 15) is 28.8 Å². The number of hydrogen-bond acceptors (Lipinski definition) is 12. The van der Waals surface area contributed by atoms with E-state index in [0.29, 0.717) is 0 Å². The van der Waals surface area contributed by atoms with Crippen LogP contribution in [-0.4, -0.2) is 49.2 Å². The summed E-state index contributed by atoms with van der Waals surface area (Å²) in [6.07, 6.45) is -2.17. The van der Waals surface area contributed by atoms with Gasteiger partial charge >= 0.3 is 35.0 Å². The van der Waals surface area contributed by atoms with E-state index in [0.717, 1.165) is 6.92 Å². The maximum absolute atomic E-state index is 12.6. The molecule has 0 radical (unpaired) electrons. The topological polar surface area (TPSA) is 145 Å². The Balaban J connectivity index is 3.56. The van der Waals surface area contributed by atoms with Crippen LogP contribution in [0, 0.1) is 0 Å². The van der Waals surface area contributed by atoms with Gasteiger partial charge in [-0.05, 0) is 6.92 Å². The van der Waals surface area contributed by atoms with Crippen LogP contribution >= 0.6 is 37.9 Å². The van der Waals surface area contributed by atoms with E-state index < -0.39 is 41.2 Å². The molecule has 0 aromatic carbocycles. The molecule has 29 heavy (non-hydrogen) atoms. The highest BCUT2D eigenvalue weighted by molar-refractivity contribution is 7.80. The first kappa shape index (κ1) is 24.9. The molecule has 15 heteroatoms. The molecule has 162 valence electrons. The van der Waals surface area contributed by atoms with E-state index in [-0.39, 0.29) is 50.5 Å². The van der Waals surface area contributed by atoms with Crippen molar-refractivity contribution in [3.05, 3.63) is 31.5 Å². The van der Waals surface area contributed by atoms with Crippen LogP contribution in [0.5, 0.6) is 0 Å². The smallest absolute Gasteiger partial charge is 0.404 e. The average molecular weight is 470 g/mol. The summed E-state index contributed by atoms with van der Waals surface area (Å²) in [6, 6.07) is 0. The quantitative estimate of drug-likeness (QED) is 0.264. The SMILES string of the molecule is CC(OC(=O)CCS)n1c(=O)n(OC(=O)CCS)c(=O)n(OC(=O)CCS)c1=O. The summed E-state index contributed by atoms with van der Waals surface area (Å²) in [4.78, 5) is 81.9. The Bertz CT molecular complexity index is 879. The molecule has 0 spiro atoms. The summed E-state index contributed by atoms with van der Waals surface area (Å²) < 4.78 is 5.05. The van der Waals surface area contributed by atoms with Gasteiger partial charge in [-0.15, -0.1) is 0 Å². The van der Waals surface area contributed by atoms with Gasteiger partial charge in [-0.2, -0.15) is 37.9 Å². The average Bonchev–Trinajstić information content (AvgIpc) is 2.63. The lowest BCUT2D eigenvalue weighted by Crippen LogP contribution is -2.60. The van der Waals surface area contributed by atoms with Gasteiger partial charge in [0.2, 0.25) is 0 Å². The van der Waals surface area contributed by atoms with Crippen molar-refractivity contribution in [2.75, 3.05) is 17.3 Å². The van der Waals surface area contributed by atoms with Crippen LogP contribution in [0.3, 0.4) is 0 Å². The zero-order valence-electron chi connectivity index (χ0n) is 15.2. The first-order chi connectivity index (χ1) is 13.7. The molecule has 0 aliphatic heterocycles. The van der Waals surface area contributed by atoms with Gasteiger partial charge in [0.15, 0.2) is 6.23 Å². The third-order valence-electron chi connectivity index (χ3n) is 3.11. The Hall–Kier alpha value is -2.13. The Morgan fingerprint density at radius 2 is 1.14 bits per heavy atom. The largest absolute Gasteiger partial charge is 0.441 e. The Morgan fingerprint density at radius 3 is 1.52 bits per heavy atom. The molecule has 0 saturated heterocycles. The Labute approximate surface area is 179 Å². The first-order valence-corrected chi connectivity index (χ1v) is 10.0. The fourth-order valence-electron chi connectivity index (χ4n) is 1.86. The molecule has 0 aliphatic carbocycles. The van der Waals surface area contributed by atoms with E-state index in [4.69, 9.17) is 4.74 Å². The van der Waals surface area contributed by atoms with Crippen LogP contribution in [0.4, 0.5) is 0 Å². The zero-order valence-corrected chi connectivity index (χ0v) is 17.9. The Morgan fingerprint density at radius 1 is 0.759 bits per heavy atom. The highest BCUT2D eigenvalue weighted by atomic mass is 32.1. The molecule has 0 saturated carbocycles. The van der Waals surface area contributed by atoms with Crippen molar-refractivity contribution in [2.45, 2.75) is 32.4 Å². The van der Waals surface area contributed by atoms with Crippen LogP contribution in [0.25, 0.3) is 0 Å². The van der Waals surface area contributed by atoms with Crippen molar-refractivity contribution in [1.82, 2.24) is 14.0 Å². The van der Waals surface area contributed by atoms with Crippen molar-refractivity contribution >= 4 is 55.8 Å². The third-order valence-corrected chi connectivity index (χ3v) is 3.78. The highest BCUT2D eigenvalue weighted by Gasteiger charge is 2.25. The monoisotopic (exact) mass is 469 g/mol. The van der Waals surface area contributed by atoms with Gasteiger partial charge in [-0.3, -0.25) is 4.79 Å². The van der Waals surface area contributed by atoms with Crippen molar-refractivity contribution in [3.8, 4) is 0 Å². The second-order valence-electron chi connectivity index (χ2n) is 5.24. The van der Waals surface area contributed by atoms with Crippen LogP contribution in [0.2, 0.25) is 0 Å². The second-order valence-corrected chi connectivity index (χ2v) is 6.58. The summed E-state index contributed by atoms with van der Waals surface area (Å²) in [5.41, 5.74) is -4.37. The number of ether oxygens (including phenoxy) is 1. The zero-order chi connectivity index (χ0) is 22.1. The summed E-state index contributed by atoms with van der Waals surface area (Å²) in [6.45, 7) is 1.16. The van der Waals surface area contributed by atoms with Crippen LogP contribution in [0.15, 0.2) is 14.4 Å². The van der Waals surface area contributed by atoms with Crippen LogP contribution in [-0.2, 0) is 19.1 Å². The lowest BCUT2D eigenvalue weighted by molar-refractivity contribution is -0.156. The molecule has 1 aromatic rings. The molecule has 1 atom stereocenters. The van der Waals surface area contributed by atoms with Crippen molar-refractivity contribution in [3.63, 3.8) is 0 Å². The van der Waals surface area contributed by atoms with E-state index in [2.05, 4.69) is 47.6 Å².